The fourth-order valence-electron chi connectivity index (χ4n) is 3.11. The summed E-state index contributed by atoms with van der Waals surface area (Å²) in [4.78, 5) is 17.7. The second kappa shape index (κ2) is 8.02. The fourth-order valence-corrected chi connectivity index (χ4v) is 3.76. The summed E-state index contributed by atoms with van der Waals surface area (Å²) in [5.74, 6) is 2.29. The minimum absolute atomic E-state index is 0.130. The second-order valence-corrected chi connectivity index (χ2v) is 7.51. The van der Waals surface area contributed by atoms with E-state index in [4.69, 9.17) is 14.0 Å². The number of amides is 1. The molecular formula is C20H21N3O4S. The summed E-state index contributed by atoms with van der Waals surface area (Å²) in [5, 5.41) is 8.83. The summed E-state index contributed by atoms with van der Waals surface area (Å²) >= 11 is 1.54. The lowest BCUT2D eigenvalue weighted by atomic mass is 10.1. The van der Waals surface area contributed by atoms with Crippen molar-refractivity contribution in [2.45, 2.75) is 39.2 Å². The number of aromatic nitrogens is 2. The van der Waals surface area contributed by atoms with E-state index in [2.05, 4.69) is 15.5 Å². The molecule has 1 aromatic carbocycles. The van der Waals surface area contributed by atoms with Crippen LogP contribution >= 0.6 is 11.3 Å². The lowest BCUT2D eigenvalue weighted by Gasteiger charge is -2.13. The molecular weight excluding hydrogens is 378 g/mol. The third-order valence-electron chi connectivity index (χ3n) is 4.35. The molecule has 4 rings (SSSR count). The van der Waals surface area contributed by atoms with E-state index in [1.54, 1.807) is 11.3 Å². The van der Waals surface area contributed by atoms with Gasteiger partial charge in [-0.2, -0.15) is 4.98 Å². The van der Waals surface area contributed by atoms with Crippen molar-refractivity contribution in [3.05, 3.63) is 41.1 Å². The molecule has 8 heteroatoms. The van der Waals surface area contributed by atoms with E-state index in [0.29, 0.717) is 36.2 Å². The standard InChI is InChI=1S/C20H21N3O4S/c1-3-25-16-10-13-9-12(2)26-15(13)11-14(16)21-18(24)6-7-19-22-20(23-27-19)17-5-4-8-28-17/h4-5,8,10-12H,3,6-7,9H2,1-2H3,(H,21,24). The van der Waals surface area contributed by atoms with Crippen LogP contribution in [-0.4, -0.2) is 28.8 Å². The van der Waals surface area contributed by atoms with Gasteiger partial charge in [-0.05, 0) is 31.4 Å². The normalized spacial score (nSPS) is 15.1. The number of nitrogens with zero attached hydrogens (tertiary/aromatic N) is 2. The summed E-state index contributed by atoms with van der Waals surface area (Å²) in [6, 6.07) is 7.64. The first-order valence-corrected chi connectivity index (χ1v) is 10.1. The van der Waals surface area contributed by atoms with Gasteiger partial charge in [-0.25, -0.2) is 0 Å². The second-order valence-electron chi connectivity index (χ2n) is 6.56. The summed E-state index contributed by atoms with van der Waals surface area (Å²) in [6.07, 6.45) is 1.57. The van der Waals surface area contributed by atoms with Gasteiger partial charge in [-0.3, -0.25) is 4.79 Å². The molecule has 2 aromatic heterocycles. The van der Waals surface area contributed by atoms with Crippen LogP contribution in [0.25, 0.3) is 10.7 Å². The molecule has 0 saturated heterocycles. The Hall–Kier alpha value is -2.87. The lowest BCUT2D eigenvalue weighted by molar-refractivity contribution is -0.116. The highest BCUT2D eigenvalue weighted by Gasteiger charge is 2.22. The minimum Gasteiger partial charge on any atom is -0.492 e. The molecule has 3 aromatic rings. The highest BCUT2D eigenvalue weighted by atomic mass is 32.1. The summed E-state index contributed by atoms with van der Waals surface area (Å²) in [6.45, 7) is 4.46. The van der Waals surface area contributed by atoms with Gasteiger partial charge in [0.2, 0.25) is 17.6 Å². The number of benzene rings is 1. The Morgan fingerprint density at radius 3 is 3.11 bits per heavy atom. The zero-order valence-corrected chi connectivity index (χ0v) is 16.5. The molecule has 0 saturated carbocycles. The van der Waals surface area contributed by atoms with Crippen molar-refractivity contribution in [2.24, 2.45) is 0 Å². The molecule has 146 valence electrons. The molecule has 3 heterocycles. The van der Waals surface area contributed by atoms with Crippen molar-refractivity contribution in [1.29, 1.82) is 0 Å². The van der Waals surface area contributed by atoms with Crippen LogP contribution in [-0.2, 0) is 17.6 Å². The van der Waals surface area contributed by atoms with Crippen LogP contribution < -0.4 is 14.8 Å². The molecule has 1 atom stereocenters. The van der Waals surface area contributed by atoms with Crippen LogP contribution in [0.3, 0.4) is 0 Å². The first kappa shape index (κ1) is 18.5. The Labute approximate surface area is 166 Å². The number of fused-ring (bicyclic) bond motifs is 1. The van der Waals surface area contributed by atoms with E-state index in [1.165, 1.54) is 0 Å². The maximum absolute atomic E-state index is 12.4. The average Bonchev–Trinajstić information content (AvgIpc) is 3.40. The van der Waals surface area contributed by atoms with E-state index in [0.717, 1.165) is 22.6 Å². The van der Waals surface area contributed by atoms with Crippen molar-refractivity contribution >= 4 is 22.9 Å². The van der Waals surface area contributed by atoms with Crippen molar-refractivity contribution in [3.8, 4) is 22.2 Å². The SMILES string of the molecule is CCOc1cc2c(cc1NC(=O)CCc1nc(-c3cccs3)no1)OC(C)C2. The number of nitrogens with one attached hydrogen (secondary N) is 1. The van der Waals surface area contributed by atoms with Gasteiger partial charge < -0.3 is 19.3 Å². The zero-order valence-electron chi connectivity index (χ0n) is 15.7. The van der Waals surface area contributed by atoms with Crippen LogP contribution in [0.4, 0.5) is 5.69 Å². The highest BCUT2D eigenvalue weighted by molar-refractivity contribution is 7.13. The average molecular weight is 399 g/mol. The maximum Gasteiger partial charge on any atom is 0.227 e. The molecule has 1 N–H and O–H groups in total. The summed E-state index contributed by atoms with van der Waals surface area (Å²) in [5.41, 5.74) is 1.71. The number of hydrogen-bond donors (Lipinski definition) is 1. The molecule has 0 fully saturated rings. The Morgan fingerprint density at radius 2 is 2.32 bits per heavy atom. The molecule has 1 unspecified atom stereocenters. The number of thiophene rings is 1. The molecule has 28 heavy (non-hydrogen) atoms. The van der Waals surface area contributed by atoms with Crippen molar-refractivity contribution in [1.82, 2.24) is 10.1 Å². The Morgan fingerprint density at radius 1 is 1.43 bits per heavy atom. The molecule has 1 aliphatic heterocycles. The van der Waals surface area contributed by atoms with Crippen LogP contribution in [0.5, 0.6) is 11.5 Å². The molecule has 0 aliphatic carbocycles. The minimum atomic E-state index is -0.150. The van der Waals surface area contributed by atoms with E-state index in [-0.39, 0.29) is 18.4 Å². The van der Waals surface area contributed by atoms with Crippen LogP contribution in [0.2, 0.25) is 0 Å². The first-order valence-electron chi connectivity index (χ1n) is 9.25. The lowest BCUT2D eigenvalue weighted by Crippen LogP contribution is -2.13. The van der Waals surface area contributed by atoms with Gasteiger partial charge >= 0.3 is 0 Å². The predicted octanol–water partition coefficient (Wildman–Crippen LogP) is 4.09. The van der Waals surface area contributed by atoms with Gasteiger partial charge in [-0.15, -0.1) is 11.3 Å². The molecule has 1 amide bonds. The third kappa shape index (κ3) is 4.01. The Kier molecular flexibility index (Phi) is 5.29. The molecule has 0 spiro atoms. The third-order valence-corrected chi connectivity index (χ3v) is 5.21. The van der Waals surface area contributed by atoms with Crippen molar-refractivity contribution in [2.75, 3.05) is 11.9 Å². The topological polar surface area (TPSA) is 86.5 Å². The van der Waals surface area contributed by atoms with Crippen molar-refractivity contribution < 1.29 is 18.8 Å². The number of aryl methyl sites for hydroxylation is 1. The van der Waals surface area contributed by atoms with Gasteiger partial charge in [0, 0.05) is 30.9 Å². The number of carbonyl (C=O) groups is 1. The van der Waals surface area contributed by atoms with Gasteiger partial charge in [0.05, 0.1) is 17.2 Å². The zero-order chi connectivity index (χ0) is 19.5. The van der Waals surface area contributed by atoms with Gasteiger partial charge in [0.15, 0.2) is 0 Å². The summed E-state index contributed by atoms with van der Waals surface area (Å²) in [7, 11) is 0. The summed E-state index contributed by atoms with van der Waals surface area (Å²) < 4.78 is 16.7. The van der Waals surface area contributed by atoms with Crippen LogP contribution in [0.1, 0.15) is 31.7 Å². The largest absolute Gasteiger partial charge is 0.492 e. The smallest absolute Gasteiger partial charge is 0.227 e. The van der Waals surface area contributed by atoms with E-state index >= 15 is 0 Å². The number of carbonyl (C=O) groups excluding carboxylic acids is 1. The monoisotopic (exact) mass is 399 g/mol. The Balaban J connectivity index is 1.40. The van der Waals surface area contributed by atoms with E-state index in [9.17, 15) is 4.79 Å². The van der Waals surface area contributed by atoms with Crippen LogP contribution in [0, 0.1) is 0 Å². The van der Waals surface area contributed by atoms with E-state index < -0.39 is 0 Å². The first-order chi connectivity index (χ1) is 13.6. The van der Waals surface area contributed by atoms with Crippen LogP contribution in [0.15, 0.2) is 34.2 Å². The maximum atomic E-state index is 12.4. The van der Waals surface area contributed by atoms with Gasteiger partial charge in [0.1, 0.15) is 17.6 Å². The quantitative estimate of drug-likeness (QED) is 0.644. The molecule has 7 nitrogen and oxygen atoms in total. The predicted molar refractivity (Wildman–Crippen MR) is 106 cm³/mol. The van der Waals surface area contributed by atoms with Gasteiger partial charge in [0.25, 0.3) is 0 Å². The molecule has 0 radical (unpaired) electrons. The number of ether oxygens (including phenoxy) is 2. The van der Waals surface area contributed by atoms with Crippen molar-refractivity contribution in [3.63, 3.8) is 0 Å². The number of anilines is 1. The Bertz CT molecular complexity index is 968. The molecule has 1 aliphatic rings. The fraction of sp³-hybridized carbons (Fsp3) is 0.350. The number of rotatable bonds is 7. The highest BCUT2D eigenvalue weighted by Crippen LogP contribution is 2.38. The van der Waals surface area contributed by atoms with Gasteiger partial charge in [-0.1, -0.05) is 11.2 Å². The van der Waals surface area contributed by atoms with E-state index in [1.807, 2.05) is 43.5 Å². The molecule has 0 bridgehead atoms. The number of hydrogen-bond acceptors (Lipinski definition) is 7.